The summed E-state index contributed by atoms with van der Waals surface area (Å²) in [5.74, 6) is -0.497. The first-order valence-corrected chi connectivity index (χ1v) is 6.58. The first-order chi connectivity index (χ1) is 10.6. The fraction of sp³-hybridized carbons (Fsp3) is 0.200. The van der Waals surface area contributed by atoms with Gasteiger partial charge in [-0.2, -0.15) is 0 Å². The van der Waals surface area contributed by atoms with Crippen molar-refractivity contribution in [2.45, 2.75) is 6.92 Å². The standard InChI is InChI=1S/C15H15N3O4/c1-3-22-15(20)10-4-6-11(7-5-10)18-14(19)12-8-13(21-2)17-9-16-12/h4-9H,3H2,1-2H3,(H,18,19). The summed E-state index contributed by atoms with van der Waals surface area (Å²) in [6, 6.07) is 7.82. The predicted octanol–water partition coefficient (Wildman–Crippen LogP) is 1.91. The van der Waals surface area contributed by atoms with Gasteiger partial charge in [0, 0.05) is 11.8 Å². The van der Waals surface area contributed by atoms with Gasteiger partial charge in [-0.1, -0.05) is 0 Å². The lowest BCUT2D eigenvalue weighted by molar-refractivity contribution is 0.0526. The summed E-state index contributed by atoms with van der Waals surface area (Å²) in [4.78, 5) is 31.3. The highest BCUT2D eigenvalue weighted by molar-refractivity contribution is 6.03. The topological polar surface area (TPSA) is 90.4 Å². The number of benzene rings is 1. The maximum atomic E-state index is 12.1. The molecule has 2 aromatic rings. The van der Waals surface area contributed by atoms with Crippen LogP contribution in [-0.4, -0.2) is 35.6 Å². The van der Waals surface area contributed by atoms with Gasteiger partial charge in [0.25, 0.3) is 5.91 Å². The number of carbonyl (C=O) groups excluding carboxylic acids is 2. The van der Waals surface area contributed by atoms with Gasteiger partial charge in [0.15, 0.2) is 0 Å². The number of aromatic nitrogens is 2. The highest BCUT2D eigenvalue weighted by Gasteiger charge is 2.10. The van der Waals surface area contributed by atoms with Gasteiger partial charge >= 0.3 is 5.97 Å². The molecule has 1 N–H and O–H groups in total. The van der Waals surface area contributed by atoms with Crippen LogP contribution < -0.4 is 10.1 Å². The van der Waals surface area contributed by atoms with Crippen molar-refractivity contribution in [3.8, 4) is 5.88 Å². The molecule has 7 heteroatoms. The van der Waals surface area contributed by atoms with Gasteiger partial charge in [-0.25, -0.2) is 14.8 Å². The molecule has 0 aliphatic heterocycles. The maximum absolute atomic E-state index is 12.1. The van der Waals surface area contributed by atoms with Gasteiger partial charge in [0.2, 0.25) is 5.88 Å². The Hall–Kier alpha value is -2.96. The van der Waals surface area contributed by atoms with Crippen LogP contribution >= 0.6 is 0 Å². The first kappa shape index (κ1) is 15.4. The van der Waals surface area contributed by atoms with Gasteiger partial charge in [-0.15, -0.1) is 0 Å². The second-order valence-electron chi connectivity index (χ2n) is 4.20. The van der Waals surface area contributed by atoms with E-state index in [1.54, 1.807) is 31.2 Å². The summed E-state index contributed by atoms with van der Waals surface area (Å²) in [7, 11) is 1.46. The van der Waals surface area contributed by atoms with Crippen LogP contribution in [0, 0.1) is 0 Å². The molecule has 2 rings (SSSR count). The van der Waals surface area contributed by atoms with Gasteiger partial charge in [0.05, 0.1) is 19.3 Å². The molecule has 0 bridgehead atoms. The van der Waals surface area contributed by atoms with Crippen molar-refractivity contribution in [2.24, 2.45) is 0 Å². The van der Waals surface area contributed by atoms with Crippen LogP contribution in [0.25, 0.3) is 0 Å². The van der Waals surface area contributed by atoms with Gasteiger partial charge in [0.1, 0.15) is 12.0 Å². The normalized spacial score (nSPS) is 9.91. The van der Waals surface area contributed by atoms with E-state index >= 15 is 0 Å². The Bertz CT molecular complexity index is 671. The summed E-state index contributed by atoms with van der Waals surface area (Å²) in [5, 5.41) is 2.67. The van der Waals surface area contributed by atoms with E-state index in [1.165, 1.54) is 19.5 Å². The number of anilines is 1. The molecule has 1 heterocycles. The fourth-order valence-electron chi connectivity index (χ4n) is 1.67. The number of esters is 1. The van der Waals surface area contributed by atoms with E-state index < -0.39 is 11.9 Å². The fourth-order valence-corrected chi connectivity index (χ4v) is 1.67. The van der Waals surface area contributed by atoms with Crippen LogP contribution in [0.1, 0.15) is 27.8 Å². The summed E-state index contributed by atoms with van der Waals surface area (Å²) in [6.45, 7) is 2.05. The van der Waals surface area contributed by atoms with Crippen LogP contribution in [0.4, 0.5) is 5.69 Å². The second kappa shape index (κ2) is 7.16. The summed E-state index contributed by atoms with van der Waals surface area (Å²) in [5.41, 5.74) is 1.14. The molecule has 0 aliphatic carbocycles. The van der Waals surface area contributed by atoms with E-state index in [4.69, 9.17) is 9.47 Å². The number of methoxy groups -OCH3 is 1. The summed E-state index contributed by atoms with van der Waals surface area (Å²) >= 11 is 0. The Morgan fingerprint density at radius 1 is 1.18 bits per heavy atom. The van der Waals surface area contributed by atoms with E-state index in [0.717, 1.165) is 0 Å². The Morgan fingerprint density at radius 2 is 1.91 bits per heavy atom. The molecule has 22 heavy (non-hydrogen) atoms. The average Bonchev–Trinajstić information content (AvgIpc) is 2.55. The number of rotatable bonds is 5. The molecule has 1 amide bonds. The zero-order valence-electron chi connectivity index (χ0n) is 12.2. The third-order valence-electron chi connectivity index (χ3n) is 2.74. The third-order valence-corrected chi connectivity index (χ3v) is 2.74. The Labute approximate surface area is 127 Å². The molecule has 0 aliphatic rings. The zero-order chi connectivity index (χ0) is 15.9. The van der Waals surface area contributed by atoms with Crippen LogP contribution in [0.2, 0.25) is 0 Å². The van der Waals surface area contributed by atoms with Gasteiger partial charge in [-0.3, -0.25) is 4.79 Å². The lowest BCUT2D eigenvalue weighted by atomic mass is 10.2. The minimum atomic E-state index is -0.402. The minimum Gasteiger partial charge on any atom is -0.481 e. The molecule has 0 fully saturated rings. The number of nitrogens with one attached hydrogen (secondary N) is 1. The van der Waals surface area contributed by atoms with Crippen molar-refractivity contribution in [2.75, 3.05) is 19.0 Å². The van der Waals surface area contributed by atoms with Gasteiger partial charge < -0.3 is 14.8 Å². The van der Waals surface area contributed by atoms with E-state index in [1.807, 2.05) is 0 Å². The molecule has 0 atom stereocenters. The van der Waals surface area contributed by atoms with Crippen molar-refractivity contribution in [3.63, 3.8) is 0 Å². The summed E-state index contributed by atoms with van der Waals surface area (Å²) in [6.07, 6.45) is 1.25. The minimum absolute atomic E-state index is 0.182. The van der Waals surface area contributed by atoms with Crippen molar-refractivity contribution >= 4 is 17.6 Å². The molecular weight excluding hydrogens is 286 g/mol. The summed E-state index contributed by atoms with van der Waals surface area (Å²) < 4.78 is 9.82. The number of carbonyl (C=O) groups is 2. The Kier molecular flexibility index (Phi) is 5.02. The lowest BCUT2D eigenvalue weighted by Gasteiger charge is -2.06. The third kappa shape index (κ3) is 3.78. The Balaban J connectivity index is 2.06. The quantitative estimate of drug-likeness (QED) is 0.848. The lowest BCUT2D eigenvalue weighted by Crippen LogP contribution is -2.14. The Morgan fingerprint density at radius 3 is 2.55 bits per heavy atom. The SMILES string of the molecule is CCOC(=O)c1ccc(NC(=O)c2cc(OC)ncn2)cc1. The molecule has 0 saturated carbocycles. The molecule has 1 aromatic heterocycles. The first-order valence-electron chi connectivity index (χ1n) is 6.58. The second-order valence-corrected chi connectivity index (χ2v) is 4.20. The molecule has 1 aromatic carbocycles. The van der Waals surface area contributed by atoms with E-state index in [0.29, 0.717) is 23.7 Å². The van der Waals surface area contributed by atoms with E-state index in [-0.39, 0.29) is 5.69 Å². The van der Waals surface area contributed by atoms with E-state index in [2.05, 4.69) is 15.3 Å². The van der Waals surface area contributed by atoms with Crippen molar-refractivity contribution < 1.29 is 19.1 Å². The maximum Gasteiger partial charge on any atom is 0.338 e. The van der Waals surface area contributed by atoms with Crippen LogP contribution in [0.3, 0.4) is 0 Å². The van der Waals surface area contributed by atoms with Crippen LogP contribution in [0.15, 0.2) is 36.7 Å². The number of hydrogen-bond acceptors (Lipinski definition) is 6. The van der Waals surface area contributed by atoms with Crippen LogP contribution in [0.5, 0.6) is 5.88 Å². The largest absolute Gasteiger partial charge is 0.481 e. The van der Waals surface area contributed by atoms with Gasteiger partial charge in [-0.05, 0) is 31.2 Å². The number of ether oxygens (including phenoxy) is 2. The molecule has 0 unspecified atom stereocenters. The monoisotopic (exact) mass is 301 g/mol. The molecular formula is C15H15N3O4. The van der Waals surface area contributed by atoms with E-state index in [9.17, 15) is 9.59 Å². The number of nitrogens with zero attached hydrogens (tertiary/aromatic N) is 2. The highest BCUT2D eigenvalue weighted by Crippen LogP contribution is 2.13. The smallest absolute Gasteiger partial charge is 0.338 e. The van der Waals surface area contributed by atoms with Crippen molar-refractivity contribution in [3.05, 3.63) is 47.9 Å². The molecule has 7 nitrogen and oxygen atoms in total. The van der Waals surface area contributed by atoms with Crippen LogP contribution in [-0.2, 0) is 4.74 Å². The number of amides is 1. The molecule has 0 spiro atoms. The molecule has 0 saturated heterocycles. The van der Waals surface area contributed by atoms with Crippen molar-refractivity contribution in [1.29, 1.82) is 0 Å². The molecule has 114 valence electrons. The predicted molar refractivity (Wildman–Crippen MR) is 78.9 cm³/mol. The average molecular weight is 301 g/mol. The molecule has 0 radical (unpaired) electrons. The highest BCUT2D eigenvalue weighted by atomic mass is 16.5. The number of hydrogen-bond donors (Lipinski definition) is 1. The van der Waals surface area contributed by atoms with Crippen molar-refractivity contribution in [1.82, 2.24) is 9.97 Å². The zero-order valence-corrected chi connectivity index (χ0v) is 12.2.